The van der Waals surface area contributed by atoms with Gasteiger partial charge in [-0.3, -0.25) is 0 Å². The molecule has 1 N–H and O–H groups in total. The summed E-state index contributed by atoms with van der Waals surface area (Å²) in [5, 5.41) is 10.5. The maximum Gasteiger partial charge on any atom is 0.0603 e. The third-order valence-electron chi connectivity index (χ3n) is 2.44. The third kappa shape index (κ3) is 3.00. The molecule has 1 rings (SSSR count). The van der Waals surface area contributed by atoms with Gasteiger partial charge in [-0.25, -0.2) is 0 Å². The Morgan fingerprint density at radius 3 is 2.50 bits per heavy atom. The predicted molar refractivity (Wildman–Crippen MR) is 60.7 cm³/mol. The van der Waals surface area contributed by atoms with Crippen LogP contribution in [0.5, 0.6) is 0 Å². The highest BCUT2D eigenvalue weighted by molar-refractivity contribution is 6.31. The van der Waals surface area contributed by atoms with Gasteiger partial charge in [-0.05, 0) is 36.5 Å². The van der Waals surface area contributed by atoms with Crippen LogP contribution in [0.1, 0.15) is 25.0 Å². The molecule has 1 atom stereocenters. The maximum absolute atomic E-state index is 9.71. The summed E-state index contributed by atoms with van der Waals surface area (Å²) in [5.41, 5.74) is 2.22. The number of rotatable bonds is 3. The molecule has 0 aliphatic rings. The zero-order valence-corrected chi connectivity index (χ0v) is 9.67. The molecule has 2 heteroatoms. The molecule has 0 bridgehead atoms. The average Bonchev–Trinajstić information content (AvgIpc) is 2.11. The first kappa shape index (κ1) is 11.5. The van der Waals surface area contributed by atoms with Crippen molar-refractivity contribution >= 4 is 11.6 Å². The van der Waals surface area contributed by atoms with E-state index in [1.165, 1.54) is 0 Å². The van der Waals surface area contributed by atoms with E-state index in [1.54, 1.807) is 0 Å². The van der Waals surface area contributed by atoms with Crippen molar-refractivity contribution in [2.45, 2.75) is 33.3 Å². The minimum absolute atomic E-state index is 0.268. The normalized spacial score (nSPS) is 13.3. The molecule has 0 spiro atoms. The van der Waals surface area contributed by atoms with Gasteiger partial charge in [0.2, 0.25) is 0 Å². The largest absolute Gasteiger partial charge is 0.393 e. The molecular weight excluding hydrogens is 196 g/mol. The Bertz CT molecular complexity index is 307. The Hall–Kier alpha value is -0.530. The first-order chi connectivity index (χ1) is 6.50. The topological polar surface area (TPSA) is 20.2 Å². The monoisotopic (exact) mass is 212 g/mol. The van der Waals surface area contributed by atoms with Gasteiger partial charge in [0.25, 0.3) is 0 Å². The van der Waals surface area contributed by atoms with E-state index in [4.69, 9.17) is 11.6 Å². The molecule has 0 saturated carbocycles. The number of halogens is 1. The van der Waals surface area contributed by atoms with E-state index < -0.39 is 0 Å². The Labute approximate surface area is 90.7 Å². The van der Waals surface area contributed by atoms with E-state index in [9.17, 15) is 5.11 Å². The van der Waals surface area contributed by atoms with Crippen molar-refractivity contribution in [2.24, 2.45) is 5.92 Å². The van der Waals surface area contributed by atoms with Crippen LogP contribution in [-0.2, 0) is 6.42 Å². The number of benzene rings is 1. The number of hydrogen-bond acceptors (Lipinski definition) is 1. The maximum atomic E-state index is 9.71. The van der Waals surface area contributed by atoms with Crippen LogP contribution in [0.15, 0.2) is 18.2 Å². The van der Waals surface area contributed by atoms with Gasteiger partial charge in [-0.2, -0.15) is 0 Å². The van der Waals surface area contributed by atoms with E-state index in [0.29, 0.717) is 12.3 Å². The Morgan fingerprint density at radius 2 is 2.00 bits per heavy atom. The second kappa shape index (κ2) is 4.81. The lowest BCUT2D eigenvalue weighted by atomic mass is 9.98. The van der Waals surface area contributed by atoms with Crippen LogP contribution in [0.4, 0.5) is 0 Å². The first-order valence-electron chi connectivity index (χ1n) is 4.94. The van der Waals surface area contributed by atoms with Gasteiger partial charge in [0.15, 0.2) is 0 Å². The van der Waals surface area contributed by atoms with Crippen LogP contribution in [0.25, 0.3) is 0 Å². The lowest BCUT2D eigenvalue weighted by molar-refractivity contribution is 0.125. The lowest BCUT2D eigenvalue weighted by Gasteiger charge is -2.14. The molecular formula is C12H17ClO. The Morgan fingerprint density at radius 1 is 1.36 bits per heavy atom. The molecule has 0 heterocycles. The van der Waals surface area contributed by atoms with Gasteiger partial charge in [-0.15, -0.1) is 0 Å². The molecule has 1 unspecified atom stereocenters. The molecule has 0 amide bonds. The molecule has 0 aromatic heterocycles. The summed E-state index contributed by atoms with van der Waals surface area (Å²) in [6.45, 7) is 6.02. The zero-order chi connectivity index (χ0) is 10.7. The summed E-state index contributed by atoms with van der Waals surface area (Å²) >= 11 is 5.92. The van der Waals surface area contributed by atoms with Crippen LogP contribution >= 0.6 is 11.6 Å². The van der Waals surface area contributed by atoms with Crippen LogP contribution in [-0.4, -0.2) is 11.2 Å². The molecule has 1 aromatic carbocycles. The van der Waals surface area contributed by atoms with Crippen molar-refractivity contribution in [3.05, 3.63) is 34.3 Å². The molecule has 14 heavy (non-hydrogen) atoms. The first-order valence-corrected chi connectivity index (χ1v) is 5.31. The van der Waals surface area contributed by atoms with E-state index in [2.05, 4.69) is 0 Å². The fourth-order valence-corrected chi connectivity index (χ4v) is 1.43. The van der Waals surface area contributed by atoms with Crippen LogP contribution < -0.4 is 0 Å². The molecule has 0 saturated heterocycles. The minimum atomic E-state index is -0.268. The van der Waals surface area contributed by atoms with Gasteiger partial charge in [0.1, 0.15) is 0 Å². The van der Waals surface area contributed by atoms with Crippen molar-refractivity contribution in [3.63, 3.8) is 0 Å². The Balaban J connectivity index is 2.73. The van der Waals surface area contributed by atoms with Gasteiger partial charge in [-0.1, -0.05) is 37.6 Å². The summed E-state index contributed by atoms with van der Waals surface area (Å²) in [6, 6.07) is 5.90. The van der Waals surface area contributed by atoms with Crippen LogP contribution in [0, 0.1) is 12.8 Å². The fraction of sp³-hybridized carbons (Fsp3) is 0.500. The van der Waals surface area contributed by atoms with Crippen molar-refractivity contribution in [2.75, 3.05) is 0 Å². The molecule has 0 aliphatic carbocycles. The van der Waals surface area contributed by atoms with E-state index in [-0.39, 0.29) is 6.10 Å². The van der Waals surface area contributed by atoms with Crippen LogP contribution in [0.2, 0.25) is 5.02 Å². The molecule has 1 aromatic rings. The highest BCUT2D eigenvalue weighted by Crippen LogP contribution is 2.18. The number of aryl methyl sites for hydroxylation is 1. The summed E-state index contributed by atoms with van der Waals surface area (Å²) in [7, 11) is 0. The summed E-state index contributed by atoms with van der Waals surface area (Å²) < 4.78 is 0. The average molecular weight is 213 g/mol. The summed E-state index contributed by atoms with van der Waals surface area (Å²) in [6.07, 6.45) is 0.436. The number of aliphatic hydroxyl groups is 1. The van der Waals surface area contributed by atoms with Crippen molar-refractivity contribution in [3.8, 4) is 0 Å². The second-order valence-electron chi connectivity index (χ2n) is 4.10. The van der Waals surface area contributed by atoms with E-state index in [1.807, 2.05) is 39.0 Å². The quantitative estimate of drug-likeness (QED) is 0.816. The SMILES string of the molecule is Cc1cc(CC(O)C(C)C)ccc1Cl. The van der Waals surface area contributed by atoms with Crippen molar-refractivity contribution in [1.29, 1.82) is 0 Å². The predicted octanol–water partition coefficient (Wildman–Crippen LogP) is 3.21. The second-order valence-corrected chi connectivity index (χ2v) is 4.51. The highest BCUT2D eigenvalue weighted by atomic mass is 35.5. The van der Waals surface area contributed by atoms with E-state index in [0.717, 1.165) is 16.1 Å². The molecule has 0 radical (unpaired) electrons. The van der Waals surface area contributed by atoms with Gasteiger partial charge in [0, 0.05) is 5.02 Å². The zero-order valence-electron chi connectivity index (χ0n) is 8.92. The number of hydrogen-bond donors (Lipinski definition) is 1. The standard InChI is InChI=1S/C12H17ClO/c1-8(2)12(14)7-10-4-5-11(13)9(3)6-10/h4-6,8,12,14H,7H2,1-3H3. The van der Waals surface area contributed by atoms with Crippen LogP contribution in [0.3, 0.4) is 0 Å². The molecule has 0 fully saturated rings. The molecule has 1 nitrogen and oxygen atoms in total. The van der Waals surface area contributed by atoms with Crippen molar-refractivity contribution < 1.29 is 5.11 Å². The Kier molecular flexibility index (Phi) is 3.97. The third-order valence-corrected chi connectivity index (χ3v) is 2.86. The van der Waals surface area contributed by atoms with Gasteiger partial charge >= 0.3 is 0 Å². The smallest absolute Gasteiger partial charge is 0.0603 e. The molecule has 78 valence electrons. The number of aliphatic hydroxyl groups excluding tert-OH is 1. The minimum Gasteiger partial charge on any atom is -0.393 e. The van der Waals surface area contributed by atoms with E-state index >= 15 is 0 Å². The summed E-state index contributed by atoms with van der Waals surface area (Å²) in [5.74, 6) is 0.297. The van der Waals surface area contributed by atoms with Gasteiger partial charge in [0.05, 0.1) is 6.10 Å². The highest BCUT2D eigenvalue weighted by Gasteiger charge is 2.10. The fourth-order valence-electron chi connectivity index (χ4n) is 1.31. The van der Waals surface area contributed by atoms with Gasteiger partial charge < -0.3 is 5.11 Å². The lowest BCUT2D eigenvalue weighted by Crippen LogP contribution is -2.17. The molecule has 0 aliphatic heterocycles. The van der Waals surface area contributed by atoms with Crippen molar-refractivity contribution in [1.82, 2.24) is 0 Å². The summed E-state index contributed by atoms with van der Waals surface area (Å²) in [4.78, 5) is 0.